The second kappa shape index (κ2) is 6.49. The van der Waals surface area contributed by atoms with Crippen LogP contribution >= 0.6 is 11.3 Å². The third-order valence-electron chi connectivity index (χ3n) is 2.95. The van der Waals surface area contributed by atoms with E-state index in [9.17, 15) is 4.79 Å². The number of aliphatic hydroxyl groups is 1. The first-order valence-corrected chi connectivity index (χ1v) is 7.13. The summed E-state index contributed by atoms with van der Waals surface area (Å²) in [5.41, 5.74) is 4.14. The van der Waals surface area contributed by atoms with Gasteiger partial charge in [-0.1, -0.05) is 0 Å². The van der Waals surface area contributed by atoms with Gasteiger partial charge in [-0.25, -0.2) is 4.98 Å². The summed E-state index contributed by atoms with van der Waals surface area (Å²) >= 11 is 1.33. The lowest BCUT2D eigenvalue weighted by Gasteiger charge is -2.18. The van der Waals surface area contributed by atoms with E-state index in [0.717, 1.165) is 17.1 Å². The number of aromatic nitrogens is 1. The fourth-order valence-electron chi connectivity index (χ4n) is 1.79. The highest BCUT2D eigenvalue weighted by Gasteiger charge is 2.11. The van der Waals surface area contributed by atoms with Crippen LogP contribution in [0, 0.1) is 6.92 Å². The second-order valence-electron chi connectivity index (χ2n) is 4.41. The zero-order chi connectivity index (χ0) is 14.5. The Kier molecular flexibility index (Phi) is 4.70. The lowest BCUT2D eigenvalue weighted by molar-refractivity contribution is 0.103. The van der Waals surface area contributed by atoms with E-state index in [4.69, 9.17) is 5.11 Å². The number of rotatable bonds is 5. The van der Waals surface area contributed by atoms with Crippen LogP contribution in [0.2, 0.25) is 0 Å². The zero-order valence-corrected chi connectivity index (χ0v) is 12.3. The van der Waals surface area contributed by atoms with E-state index in [0.29, 0.717) is 11.4 Å². The summed E-state index contributed by atoms with van der Waals surface area (Å²) in [6.07, 6.45) is 0. The summed E-state index contributed by atoms with van der Waals surface area (Å²) in [6, 6.07) is 7.50. The van der Waals surface area contributed by atoms with Crippen molar-refractivity contribution in [1.82, 2.24) is 4.98 Å². The summed E-state index contributed by atoms with van der Waals surface area (Å²) in [7, 11) is 1.91. The van der Waals surface area contributed by atoms with Gasteiger partial charge in [0.05, 0.1) is 17.8 Å². The van der Waals surface area contributed by atoms with Gasteiger partial charge in [-0.2, -0.15) is 0 Å². The molecule has 1 amide bonds. The van der Waals surface area contributed by atoms with E-state index < -0.39 is 0 Å². The van der Waals surface area contributed by atoms with Crippen LogP contribution in [0.1, 0.15) is 15.4 Å². The van der Waals surface area contributed by atoms with Crippen molar-refractivity contribution >= 4 is 28.6 Å². The van der Waals surface area contributed by atoms with Gasteiger partial charge in [0.2, 0.25) is 0 Å². The average Bonchev–Trinajstić information content (AvgIpc) is 2.86. The Morgan fingerprint density at radius 1 is 1.40 bits per heavy atom. The van der Waals surface area contributed by atoms with Crippen molar-refractivity contribution in [2.24, 2.45) is 0 Å². The molecule has 20 heavy (non-hydrogen) atoms. The molecular formula is C14H17N3O2S. The fourth-order valence-corrected chi connectivity index (χ4v) is 2.48. The molecule has 1 aromatic carbocycles. The minimum Gasteiger partial charge on any atom is -0.395 e. The average molecular weight is 291 g/mol. The van der Waals surface area contributed by atoms with Crippen LogP contribution in [-0.2, 0) is 0 Å². The summed E-state index contributed by atoms with van der Waals surface area (Å²) in [4.78, 5) is 18.7. The molecule has 106 valence electrons. The zero-order valence-electron chi connectivity index (χ0n) is 11.5. The monoisotopic (exact) mass is 291 g/mol. The maximum Gasteiger partial charge on any atom is 0.267 e. The number of carbonyl (C=O) groups is 1. The molecule has 0 aliphatic rings. The molecule has 0 saturated carbocycles. The van der Waals surface area contributed by atoms with Crippen LogP contribution in [0.3, 0.4) is 0 Å². The minimum atomic E-state index is -0.138. The van der Waals surface area contributed by atoms with Gasteiger partial charge in [0.25, 0.3) is 5.91 Å². The third-order valence-corrected chi connectivity index (χ3v) is 3.88. The molecule has 1 aromatic heterocycles. The van der Waals surface area contributed by atoms with E-state index in [1.165, 1.54) is 11.3 Å². The molecule has 0 fully saturated rings. The summed E-state index contributed by atoms with van der Waals surface area (Å²) < 4.78 is 0. The smallest absolute Gasteiger partial charge is 0.267 e. The summed E-state index contributed by atoms with van der Waals surface area (Å²) in [5.74, 6) is -0.138. The lowest BCUT2D eigenvalue weighted by Crippen LogP contribution is -2.21. The van der Waals surface area contributed by atoms with Crippen LogP contribution in [0.5, 0.6) is 0 Å². The Balaban J connectivity index is 2.04. The van der Waals surface area contributed by atoms with Crippen LogP contribution in [0.4, 0.5) is 11.4 Å². The van der Waals surface area contributed by atoms with E-state index in [-0.39, 0.29) is 12.5 Å². The van der Waals surface area contributed by atoms with Gasteiger partial charge in [-0.05, 0) is 31.2 Å². The molecule has 0 unspecified atom stereocenters. The molecule has 0 atom stereocenters. The maximum absolute atomic E-state index is 12.0. The molecule has 0 aliphatic heterocycles. The molecule has 2 N–H and O–H groups in total. The largest absolute Gasteiger partial charge is 0.395 e. The van der Waals surface area contributed by atoms with Crippen LogP contribution in [0.25, 0.3) is 0 Å². The first-order chi connectivity index (χ1) is 9.61. The molecule has 0 saturated heterocycles. The molecule has 5 nitrogen and oxygen atoms in total. The molecule has 0 radical (unpaired) electrons. The van der Waals surface area contributed by atoms with E-state index in [1.807, 2.05) is 43.1 Å². The first kappa shape index (κ1) is 14.5. The topological polar surface area (TPSA) is 65.5 Å². The van der Waals surface area contributed by atoms with Gasteiger partial charge in [-0.3, -0.25) is 4.79 Å². The van der Waals surface area contributed by atoms with Gasteiger partial charge in [-0.15, -0.1) is 11.3 Å². The number of nitrogens with zero attached hydrogens (tertiary/aromatic N) is 2. The number of aliphatic hydroxyl groups excluding tert-OH is 1. The number of nitrogens with one attached hydrogen (secondary N) is 1. The van der Waals surface area contributed by atoms with Gasteiger partial charge < -0.3 is 15.3 Å². The SMILES string of the molecule is Cc1ncsc1C(=O)Nc1ccc(N(C)CCO)cc1. The molecule has 6 heteroatoms. The highest BCUT2D eigenvalue weighted by Crippen LogP contribution is 2.19. The number of anilines is 2. The predicted molar refractivity (Wildman–Crippen MR) is 81.6 cm³/mol. The number of likely N-dealkylation sites (N-methyl/N-ethyl adjacent to an activating group) is 1. The molecule has 2 rings (SSSR count). The van der Waals surface area contributed by atoms with Gasteiger partial charge in [0.15, 0.2) is 0 Å². The van der Waals surface area contributed by atoms with E-state index in [1.54, 1.807) is 5.51 Å². The Morgan fingerprint density at radius 3 is 2.65 bits per heavy atom. The number of hydrogen-bond donors (Lipinski definition) is 2. The van der Waals surface area contributed by atoms with Crippen molar-refractivity contribution in [3.63, 3.8) is 0 Å². The molecule has 1 heterocycles. The van der Waals surface area contributed by atoms with Crippen molar-refractivity contribution in [2.75, 3.05) is 30.4 Å². The summed E-state index contributed by atoms with van der Waals surface area (Å²) in [6.45, 7) is 2.50. The predicted octanol–water partition coefficient (Wildman–Crippen LogP) is 2.13. The van der Waals surface area contributed by atoms with Crippen molar-refractivity contribution in [3.05, 3.63) is 40.3 Å². The van der Waals surface area contributed by atoms with Crippen LogP contribution in [0.15, 0.2) is 29.8 Å². The Hall–Kier alpha value is -1.92. The van der Waals surface area contributed by atoms with Gasteiger partial charge in [0.1, 0.15) is 4.88 Å². The highest BCUT2D eigenvalue weighted by molar-refractivity contribution is 7.12. The fraction of sp³-hybridized carbons (Fsp3) is 0.286. The normalized spacial score (nSPS) is 10.3. The second-order valence-corrected chi connectivity index (χ2v) is 5.27. The molecule has 0 aliphatic carbocycles. The van der Waals surface area contributed by atoms with Crippen LogP contribution in [-0.4, -0.2) is 36.2 Å². The summed E-state index contributed by atoms with van der Waals surface area (Å²) in [5, 5.41) is 11.7. The minimum absolute atomic E-state index is 0.111. The first-order valence-electron chi connectivity index (χ1n) is 6.25. The molecule has 0 bridgehead atoms. The van der Waals surface area contributed by atoms with Crippen molar-refractivity contribution in [3.8, 4) is 0 Å². The Labute approximate surface area is 121 Å². The maximum atomic E-state index is 12.0. The van der Waals surface area contributed by atoms with E-state index in [2.05, 4.69) is 10.3 Å². The standard InChI is InChI=1S/C14H17N3O2S/c1-10-13(20-9-15-10)14(19)16-11-3-5-12(6-4-11)17(2)7-8-18/h3-6,9,18H,7-8H2,1-2H3,(H,16,19). The van der Waals surface area contributed by atoms with Crippen molar-refractivity contribution < 1.29 is 9.90 Å². The third kappa shape index (κ3) is 3.34. The number of carbonyl (C=O) groups excluding carboxylic acids is 1. The quantitative estimate of drug-likeness (QED) is 0.885. The number of hydrogen-bond acceptors (Lipinski definition) is 5. The molecule has 0 spiro atoms. The molecular weight excluding hydrogens is 274 g/mol. The van der Waals surface area contributed by atoms with Crippen molar-refractivity contribution in [1.29, 1.82) is 0 Å². The molecule has 2 aromatic rings. The number of thiazole rings is 1. The van der Waals surface area contributed by atoms with Gasteiger partial charge in [0, 0.05) is 25.0 Å². The van der Waals surface area contributed by atoms with E-state index >= 15 is 0 Å². The highest BCUT2D eigenvalue weighted by atomic mass is 32.1. The lowest BCUT2D eigenvalue weighted by atomic mass is 10.2. The number of aryl methyl sites for hydroxylation is 1. The number of amides is 1. The van der Waals surface area contributed by atoms with Gasteiger partial charge >= 0.3 is 0 Å². The van der Waals surface area contributed by atoms with Crippen molar-refractivity contribution in [2.45, 2.75) is 6.92 Å². The van der Waals surface area contributed by atoms with Crippen LogP contribution < -0.4 is 10.2 Å². The Bertz CT molecular complexity index is 580. The number of benzene rings is 1. The Morgan fingerprint density at radius 2 is 2.10 bits per heavy atom.